The number of aryl methyl sites for hydroxylation is 3. The van der Waals surface area contributed by atoms with Crippen LogP contribution in [0.4, 0.5) is 5.69 Å². The number of carbonyl (C=O) groups excluding carboxylic acids is 2. The quantitative estimate of drug-likeness (QED) is 0.799. The molecule has 0 saturated carbocycles. The zero-order chi connectivity index (χ0) is 17.6. The van der Waals surface area contributed by atoms with Crippen LogP contribution in [0.15, 0.2) is 12.1 Å². The van der Waals surface area contributed by atoms with E-state index in [9.17, 15) is 9.59 Å². The van der Waals surface area contributed by atoms with Gasteiger partial charge in [0, 0.05) is 17.8 Å². The number of carbonyl (C=O) groups is 2. The van der Waals surface area contributed by atoms with Gasteiger partial charge in [-0.15, -0.1) is 0 Å². The van der Waals surface area contributed by atoms with Crippen LogP contribution in [0.3, 0.4) is 0 Å². The molecule has 1 aromatic heterocycles. The first-order valence-corrected chi connectivity index (χ1v) is 8.76. The van der Waals surface area contributed by atoms with Gasteiger partial charge in [-0.25, -0.2) is 0 Å². The Bertz CT molecular complexity index is 869. The van der Waals surface area contributed by atoms with Crippen molar-refractivity contribution in [3.05, 3.63) is 45.8 Å². The van der Waals surface area contributed by atoms with Crippen molar-refractivity contribution in [2.45, 2.75) is 52.0 Å². The number of fused-ring (bicyclic) bond motifs is 2. The molecule has 6 heteroatoms. The number of rotatable bonds is 4. The van der Waals surface area contributed by atoms with Crippen molar-refractivity contribution < 1.29 is 9.59 Å². The van der Waals surface area contributed by atoms with Crippen LogP contribution in [0, 0.1) is 13.8 Å². The summed E-state index contributed by atoms with van der Waals surface area (Å²) in [5.74, 6) is -0.636. The van der Waals surface area contributed by atoms with E-state index >= 15 is 0 Å². The minimum atomic E-state index is -0.416. The van der Waals surface area contributed by atoms with E-state index in [2.05, 4.69) is 26.9 Å². The lowest BCUT2D eigenvalue weighted by atomic mass is 9.92. The van der Waals surface area contributed by atoms with Crippen molar-refractivity contribution in [1.82, 2.24) is 15.5 Å². The lowest BCUT2D eigenvalue weighted by Gasteiger charge is -2.12. The highest BCUT2D eigenvalue weighted by Crippen LogP contribution is 2.37. The maximum Gasteiger partial charge on any atom is 0.232 e. The van der Waals surface area contributed by atoms with Gasteiger partial charge in [-0.05, 0) is 61.4 Å². The molecule has 1 aliphatic carbocycles. The van der Waals surface area contributed by atoms with Gasteiger partial charge in [0.1, 0.15) is 0 Å². The number of nitrogens with one attached hydrogen (secondary N) is 3. The molecule has 6 nitrogen and oxygen atoms in total. The molecular weight excluding hydrogens is 316 g/mol. The van der Waals surface area contributed by atoms with E-state index in [4.69, 9.17) is 0 Å². The van der Waals surface area contributed by atoms with Crippen molar-refractivity contribution in [1.29, 1.82) is 0 Å². The minimum Gasteiger partial charge on any atom is -0.350 e. The molecule has 0 unspecified atom stereocenters. The number of nitrogens with zero attached hydrogens (tertiary/aromatic N) is 1. The molecule has 0 fully saturated rings. The van der Waals surface area contributed by atoms with Crippen LogP contribution >= 0.6 is 0 Å². The van der Waals surface area contributed by atoms with Crippen LogP contribution in [0.5, 0.6) is 0 Å². The van der Waals surface area contributed by atoms with Crippen LogP contribution in [0.25, 0.3) is 0 Å². The third-order valence-corrected chi connectivity index (χ3v) is 5.19. The fourth-order valence-corrected chi connectivity index (χ4v) is 4.06. The van der Waals surface area contributed by atoms with Crippen molar-refractivity contribution in [3.63, 3.8) is 0 Å². The first kappa shape index (κ1) is 15.9. The Morgan fingerprint density at radius 2 is 2.16 bits per heavy atom. The van der Waals surface area contributed by atoms with E-state index in [1.54, 1.807) is 0 Å². The first-order chi connectivity index (χ1) is 12.0. The number of H-pyrrole nitrogens is 1. The molecule has 2 aliphatic rings. The molecule has 0 radical (unpaired) electrons. The monoisotopic (exact) mass is 338 g/mol. The maximum atomic E-state index is 12.4. The van der Waals surface area contributed by atoms with Crippen molar-refractivity contribution in [2.75, 3.05) is 5.32 Å². The summed E-state index contributed by atoms with van der Waals surface area (Å²) in [6.07, 6.45) is 3.36. The van der Waals surface area contributed by atoms with E-state index in [0.29, 0.717) is 6.54 Å². The van der Waals surface area contributed by atoms with Gasteiger partial charge in [0.2, 0.25) is 11.8 Å². The number of anilines is 1. The Hall–Kier alpha value is -2.63. The number of hydrogen-bond acceptors (Lipinski definition) is 3. The predicted octanol–water partition coefficient (Wildman–Crippen LogP) is 2.26. The standard InChI is InChI=1S/C19H22N4O2/c1-10-6-11(2)18-13(19(25)21-15(18)7-10)8-17(24)20-9-16-12-4-3-5-14(12)22-23-16/h6-7,13H,3-5,8-9H2,1-2H3,(H,20,24)(H,21,25)(H,22,23)/t13-/m0/s1. The molecule has 25 heavy (non-hydrogen) atoms. The molecule has 2 amide bonds. The molecule has 130 valence electrons. The second-order valence-corrected chi connectivity index (χ2v) is 7.05. The third-order valence-electron chi connectivity index (χ3n) is 5.19. The molecule has 0 bridgehead atoms. The summed E-state index contributed by atoms with van der Waals surface area (Å²) >= 11 is 0. The lowest BCUT2D eigenvalue weighted by molar-refractivity contribution is -0.125. The van der Waals surface area contributed by atoms with Gasteiger partial charge in [0.05, 0.1) is 18.2 Å². The number of hydrogen-bond donors (Lipinski definition) is 3. The maximum absolute atomic E-state index is 12.4. The van der Waals surface area contributed by atoms with E-state index in [-0.39, 0.29) is 18.2 Å². The van der Waals surface area contributed by atoms with Gasteiger partial charge in [0.15, 0.2) is 0 Å². The smallest absolute Gasteiger partial charge is 0.232 e. The Morgan fingerprint density at radius 3 is 3.00 bits per heavy atom. The van der Waals surface area contributed by atoms with Gasteiger partial charge < -0.3 is 10.6 Å². The van der Waals surface area contributed by atoms with Crippen LogP contribution < -0.4 is 10.6 Å². The second-order valence-electron chi connectivity index (χ2n) is 7.05. The highest BCUT2D eigenvalue weighted by atomic mass is 16.2. The Kier molecular flexibility index (Phi) is 3.82. The zero-order valence-corrected chi connectivity index (χ0v) is 14.5. The molecule has 1 aromatic carbocycles. The molecule has 3 N–H and O–H groups in total. The summed E-state index contributed by atoms with van der Waals surface area (Å²) in [7, 11) is 0. The van der Waals surface area contributed by atoms with Crippen LogP contribution in [-0.4, -0.2) is 22.0 Å². The van der Waals surface area contributed by atoms with Crippen molar-refractivity contribution in [2.24, 2.45) is 0 Å². The summed E-state index contributed by atoms with van der Waals surface area (Å²) in [6, 6.07) is 4.02. The second kappa shape index (κ2) is 6.02. The average molecular weight is 338 g/mol. The van der Waals surface area contributed by atoms with E-state index in [1.807, 2.05) is 19.9 Å². The van der Waals surface area contributed by atoms with Gasteiger partial charge in [-0.2, -0.15) is 5.10 Å². The highest BCUT2D eigenvalue weighted by molar-refractivity contribution is 6.05. The molecule has 2 heterocycles. The Labute approximate surface area is 146 Å². The SMILES string of the molecule is Cc1cc(C)c2c(c1)NC(=O)[C@H]2CC(=O)NCc1n[nH]c2c1CCC2. The van der Waals surface area contributed by atoms with Crippen molar-refractivity contribution in [3.8, 4) is 0 Å². The minimum absolute atomic E-state index is 0.0977. The summed E-state index contributed by atoms with van der Waals surface area (Å²) in [5, 5.41) is 13.2. The highest BCUT2D eigenvalue weighted by Gasteiger charge is 2.33. The molecule has 1 aliphatic heterocycles. The molecule has 0 saturated heterocycles. The Balaban J connectivity index is 1.44. The average Bonchev–Trinajstić information content (AvgIpc) is 3.21. The zero-order valence-electron chi connectivity index (χ0n) is 14.5. The van der Waals surface area contributed by atoms with Crippen molar-refractivity contribution >= 4 is 17.5 Å². The van der Waals surface area contributed by atoms with Gasteiger partial charge >= 0.3 is 0 Å². The normalized spacial score (nSPS) is 18.0. The number of aromatic nitrogens is 2. The topological polar surface area (TPSA) is 86.9 Å². The molecule has 4 rings (SSSR count). The van der Waals surface area contributed by atoms with Crippen LogP contribution in [0.2, 0.25) is 0 Å². The van der Waals surface area contributed by atoms with Crippen LogP contribution in [0.1, 0.15) is 52.4 Å². The fourth-order valence-electron chi connectivity index (χ4n) is 4.06. The third kappa shape index (κ3) is 2.81. The largest absolute Gasteiger partial charge is 0.350 e. The molecular formula is C19H22N4O2. The summed E-state index contributed by atoms with van der Waals surface area (Å²) in [5.41, 5.74) is 7.31. The number of amides is 2. The van der Waals surface area contributed by atoms with Gasteiger partial charge in [0.25, 0.3) is 0 Å². The summed E-state index contributed by atoms with van der Waals surface area (Å²) < 4.78 is 0. The number of benzene rings is 1. The molecule has 2 aromatic rings. The van der Waals surface area contributed by atoms with Gasteiger partial charge in [-0.1, -0.05) is 6.07 Å². The van der Waals surface area contributed by atoms with E-state index in [1.165, 1.54) is 11.3 Å². The van der Waals surface area contributed by atoms with E-state index < -0.39 is 5.92 Å². The molecule has 0 spiro atoms. The van der Waals surface area contributed by atoms with Crippen LogP contribution in [-0.2, 0) is 29.0 Å². The summed E-state index contributed by atoms with van der Waals surface area (Å²) in [6.45, 7) is 4.41. The van der Waals surface area contributed by atoms with Gasteiger partial charge in [-0.3, -0.25) is 14.7 Å². The summed E-state index contributed by atoms with van der Waals surface area (Å²) in [4.78, 5) is 24.7. The number of aromatic amines is 1. The van der Waals surface area contributed by atoms with E-state index in [0.717, 1.165) is 47.3 Å². The fraction of sp³-hybridized carbons (Fsp3) is 0.421. The predicted molar refractivity (Wildman–Crippen MR) is 94.4 cm³/mol. The molecule has 1 atom stereocenters. The lowest BCUT2D eigenvalue weighted by Crippen LogP contribution is -2.27. The Morgan fingerprint density at radius 1 is 1.32 bits per heavy atom. The first-order valence-electron chi connectivity index (χ1n) is 8.76.